The van der Waals surface area contributed by atoms with Gasteiger partial charge in [0.2, 0.25) is 0 Å². The number of rotatable bonds is 1. The van der Waals surface area contributed by atoms with Gasteiger partial charge in [-0.15, -0.1) is 0 Å². The molecule has 0 bridgehead atoms. The fourth-order valence-electron chi connectivity index (χ4n) is 4.06. The lowest BCUT2D eigenvalue weighted by atomic mass is 9.51. The van der Waals surface area contributed by atoms with Crippen LogP contribution < -0.4 is 11.5 Å². The van der Waals surface area contributed by atoms with Crippen molar-refractivity contribution in [1.82, 2.24) is 0 Å². The van der Waals surface area contributed by atoms with Crippen LogP contribution in [0.4, 0.5) is 0 Å². The molecule has 3 rings (SSSR count). The van der Waals surface area contributed by atoms with Crippen molar-refractivity contribution in [2.24, 2.45) is 34.6 Å². The Balaban J connectivity index is 1.83. The second kappa shape index (κ2) is 1.38. The van der Waals surface area contributed by atoms with E-state index in [1.54, 1.807) is 0 Å². The molecule has 0 aromatic heterocycles. The molecule has 5 unspecified atom stereocenters. The Bertz CT molecular complexity index is 224. The topological polar surface area (TPSA) is 52.0 Å². The van der Waals surface area contributed by atoms with Crippen molar-refractivity contribution in [3.63, 3.8) is 0 Å². The van der Waals surface area contributed by atoms with E-state index in [9.17, 15) is 0 Å². The van der Waals surface area contributed by atoms with Crippen LogP contribution in [0, 0.1) is 23.2 Å². The third-order valence-corrected chi connectivity index (χ3v) is 4.89. The van der Waals surface area contributed by atoms with E-state index < -0.39 is 0 Å². The van der Waals surface area contributed by atoms with Gasteiger partial charge in [0.25, 0.3) is 0 Å². The van der Waals surface area contributed by atoms with Crippen molar-refractivity contribution < 1.29 is 0 Å². The predicted octanol–water partition coefficient (Wildman–Crippen LogP) is 0.319. The van der Waals surface area contributed by atoms with E-state index >= 15 is 0 Å². The van der Waals surface area contributed by atoms with Gasteiger partial charge in [0.05, 0.1) is 0 Å². The van der Waals surface area contributed by atoms with Crippen molar-refractivity contribution >= 4 is 0 Å². The summed E-state index contributed by atoms with van der Waals surface area (Å²) in [6.07, 6.45) is 2.70. The first-order valence-corrected chi connectivity index (χ1v) is 4.63. The van der Waals surface area contributed by atoms with Crippen molar-refractivity contribution in [3.8, 4) is 0 Å². The highest BCUT2D eigenvalue weighted by Gasteiger charge is 2.86. The van der Waals surface area contributed by atoms with Crippen LogP contribution in [-0.4, -0.2) is 12.1 Å². The zero-order chi connectivity index (χ0) is 7.85. The molecule has 0 saturated heterocycles. The molecular formula is C9H16N2. The molecule has 62 valence electrons. The Kier molecular flexibility index (Phi) is 0.807. The van der Waals surface area contributed by atoms with E-state index in [1.807, 2.05) is 0 Å². The van der Waals surface area contributed by atoms with Crippen LogP contribution in [0.25, 0.3) is 0 Å². The second-order valence-electron chi connectivity index (χ2n) is 4.92. The highest BCUT2D eigenvalue weighted by atomic mass is 15.0. The smallest absolute Gasteiger partial charge is 0.0223 e. The minimum atomic E-state index is 0.198. The molecule has 0 heterocycles. The number of nitrogens with two attached hydrogens (primary N) is 2. The van der Waals surface area contributed by atoms with Gasteiger partial charge < -0.3 is 11.5 Å². The summed E-state index contributed by atoms with van der Waals surface area (Å²) in [7, 11) is 0. The van der Waals surface area contributed by atoms with Crippen LogP contribution in [0.15, 0.2) is 0 Å². The molecule has 0 aromatic rings. The van der Waals surface area contributed by atoms with Gasteiger partial charge in [-0.2, -0.15) is 0 Å². The van der Waals surface area contributed by atoms with E-state index in [0.717, 1.165) is 24.3 Å². The summed E-state index contributed by atoms with van der Waals surface area (Å²) in [5, 5.41) is 0. The average Bonchev–Trinajstić information content (AvgIpc) is 2.36. The molecule has 3 aliphatic rings. The van der Waals surface area contributed by atoms with Crippen molar-refractivity contribution in [2.45, 2.75) is 25.3 Å². The molecule has 2 heteroatoms. The first-order valence-electron chi connectivity index (χ1n) is 4.63. The van der Waals surface area contributed by atoms with Gasteiger partial charge >= 0.3 is 0 Å². The van der Waals surface area contributed by atoms with Crippen molar-refractivity contribution in [1.29, 1.82) is 0 Å². The summed E-state index contributed by atoms with van der Waals surface area (Å²) < 4.78 is 0. The molecule has 3 saturated carbocycles. The third-order valence-electron chi connectivity index (χ3n) is 4.89. The predicted molar refractivity (Wildman–Crippen MR) is 43.8 cm³/mol. The maximum Gasteiger partial charge on any atom is 0.0223 e. The Morgan fingerprint density at radius 2 is 2.27 bits per heavy atom. The second-order valence-corrected chi connectivity index (χ2v) is 4.92. The summed E-state index contributed by atoms with van der Waals surface area (Å²) in [6, 6.07) is 0. The number of hydrogen-bond acceptors (Lipinski definition) is 2. The lowest BCUT2D eigenvalue weighted by Crippen LogP contribution is -2.52. The van der Waals surface area contributed by atoms with E-state index in [-0.39, 0.29) is 5.54 Å². The van der Waals surface area contributed by atoms with E-state index in [0.29, 0.717) is 5.41 Å². The molecule has 0 aliphatic heterocycles. The first-order chi connectivity index (χ1) is 5.14. The molecular weight excluding hydrogens is 136 g/mol. The van der Waals surface area contributed by atoms with Crippen molar-refractivity contribution in [2.75, 3.05) is 6.54 Å². The molecule has 3 aliphatic carbocycles. The third kappa shape index (κ3) is 0.390. The van der Waals surface area contributed by atoms with Gasteiger partial charge in [0.1, 0.15) is 0 Å². The fourth-order valence-corrected chi connectivity index (χ4v) is 4.06. The maximum absolute atomic E-state index is 6.17. The standard InChI is InChI=1S/C9H16N2/c1-8(11)7-2-6-5(4-10)3-9(6,7)8/h5-7H,2-4,10-11H2,1H3. The van der Waals surface area contributed by atoms with Gasteiger partial charge in [0, 0.05) is 5.54 Å². The van der Waals surface area contributed by atoms with E-state index in [2.05, 4.69) is 6.92 Å². The monoisotopic (exact) mass is 152 g/mol. The SMILES string of the molecule is CC1(N)C2CC3C(CN)CC321. The Hall–Kier alpha value is -0.0800. The lowest BCUT2D eigenvalue weighted by molar-refractivity contribution is -0.0436. The molecule has 0 radical (unpaired) electrons. The number of hydrogen-bond donors (Lipinski definition) is 2. The summed E-state index contributed by atoms with van der Waals surface area (Å²) >= 11 is 0. The van der Waals surface area contributed by atoms with Gasteiger partial charge in [-0.05, 0) is 49.5 Å². The maximum atomic E-state index is 6.17. The summed E-state index contributed by atoms with van der Waals surface area (Å²) in [4.78, 5) is 0. The van der Waals surface area contributed by atoms with Crippen LogP contribution in [0.3, 0.4) is 0 Å². The summed E-state index contributed by atoms with van der Waals surface area (Å²) in [5.41, 5.74) is 12.6. The Morgan fingerprint density at radius 3 is 2.55 bits per heavy atom. The zero-order valence-corrected chi connectivity index (χ0v) is 7.01. The van der Waals surface area contributed by atoms with Gasteiger partial charge in [-0.25, -0.2) is 0 Å². The first kappa shape index (κ1) is 6.44. The molecule has 0 aromatic carbocycles. The Morgan fingerprint density at radius 1 is 1.55 bits per heavy atom. The van der Waals surface area contributed by atoms with Crippen LogP contribution in [0.2, 0.25) is 0 Å². The van der Waals surface area contributed by atoms with Gasteiger partial charge in [-0.1, -0.05) is 0 Å². The van der Waals surface area contributed by atoms with E-state index in [1.165, 1.54) is 12.8 Å². The molecule has 11 heavy (non-hydrogen) atoms. The van der Waals surface area contributed by atoms with Gasteiger partial charge in [-0.3, -0.25) is 0 Å². The average molecular weight is 152 g/mol. The highest BCUT2D eigenvalue weighted by molar-refractivity contribution is 5.38. The van der Waals surface area contributed by atoms with Crippen LogP contribution >= 0.6 is 0 Å². The zero-order valence-electron chi connectivity index (χ0n) is 7.01. The van der Waals surface area contributed by atoms with Crippen LogP contribution in [-0.2, 0) is 0 Å². The molecule has 0 amide bonds. The van der Waals surface area contributed by atoms with Crippen LogP contribution in [0.5, 0.6) is 0 Å². The highest BCUT2D eigenvalue weighted by Crippen LogP contribution is 2.86. The molecule has 3 fully saturated rings. The molecule has 2 nitrogen and oxygen atoms in total. The normalized spacial score (nSPS) is 70.6. The van der Waals surface area contributed by atoms with Crippen molar-refractivity contribution in [3.05, 3.63) is 0 Å². The molecule has 1 spiro atoms. The van der Waals surface area contributed by atoms with Gasteiger partial charge in [0.15, 0.2) is 0 Å². The fraction of sp³-hybridized carbons (Fsp3) is 1.00. The largest absolute Gasteiger partial charge is 0.330 e. The minimum absolute atomic E-state index is 0.198. The van der Waals surface area contributed by atoms with Crippen LogP contribution in [0.1, 0.15) is 19.8 Å². The van der Waals surface area contributed by atoms with E-state index in [4.69, 9.17) is 11.5 Å². The quantitative estimate of drug-likeness (QED) is 0.568. The summed E-state index contributed by atoms with van der Waals surface area (Å²) in [6.45, 7) is 3.11. The summed E-state index contributed by atoms with van der Waals surface area (Å²) in [5.74, 6) is 2.59. The lowest BCUT2D eigenvalue weighted by Gasteiger charge is -2.53. The molecule has 4 N–H and O–H groups in total. The molecule has 5 atom stereocenters. The minimum Gasteiger partial charge on any atom is -0.330 e. The Labute approximate surface area is 67.3 Å².